The second-order valence-corrected chi connectivity index (χ2v) is 8.85. The van der Waals surface area contributed by atoms with Crippen molar-refractivity contribution in [3.8, 4) is 21.9 Å². The van der Waals surface area contributed by atoms with E-state index in [4.69, 9.17) is 9.47 Å². The van der Waals surface area contributed by atoms with Crippen molar-refractivity contribution in [1.82, 2.24) is 5.32 Å². The predicted molar refractivity (Wildman–Crippen MR) is 122 cm³/mol. The fourth-order valence-electron chi connectivity index (χ4n) is 3.77. The first kappa shape index (κ1) is 22.0. The van der Waals surface area contributed by atoms with Gasteiger partial charge in [0.25, 0.3) is 0 Å². The number of thiophene rings is 1. The molecule has 1 aliphatic rings. The average molecular weight is 454 g/mol. The number of aryl methyl sites for hydroxylation is 1. The number of Topliss-reactive ketones (excluding diaryl/α,β-unsaturated/α-hetero) is 1. The fourth-order valence-corrected chi connectivity index (χ4v) is 4.68. The van der Waals surface area contributed by atoms with Crippen molar-refractivity contribution in [3.05, 3.63) is 70.4 Å². The van der Waals surface area contributed by atoms with Crippen LogP contribution in [-0.4, -0.2) is 31.4 Å². The van der Waals surface area contributed by atoms with E-state index in [9.17, 15) is 14.0 Å². The van der Waals surface area contributed by atoms with Crippen molar-refractivity contribution >= 4 is 23.0 Å². The van der Waals surface area contributed by atoms with Gasteiger partial charge in [-0.25, -0.2) is 4.39 Å². The average Bonchev–Trinajstić information content (AvgIpc) is 3.43. The Bertz CT molecular complexity index is 1160. The van der Waals surface area contributed by atoms with Gasteiger partial charge in [0, 0.05) is 28.8 Å². The number of methoxy groups -OCH3 is 1. The van der Waals surface area contributed by atoms with Crippen LogP contribution in [0.25, 0.3) is 10.4 Å². The summed E-state index contributed by atoms with van der Waals surface area (Å²) in [6.07, 6.45) is 1.22. The largest absolute Gasteiger partial charge is 0.497 e. The topological polar surface area (TPSA) is 64.6 Å². The van der Waals surface area contributed by atoms with Crippen LogP contribution in [0.4, 0.5) is 4.39 Å². The lowest BCUT2D eigenvalue weighted by Crippen LogP contribution is -2.34. The normalized spacial score (nSPS) is 14.5. The number of fused-ring (bicyclic) bond motifs is 1. The van der Waals surface area contributed by atoms with Gasteiger partial charge in [0.2, 0.25) is 5.91 Å². The third kappa shape index (κ3) is 4.99. The summed E-state index contributed by atoms with van der Waals surface area (Å²) in [5.41, 5.74) is 2.45. The molecule has 0 bridgehead atoms. The zero-order valence-corrected chi connectivity index (χ0v) is 18.8. The minimum Gasteiger partial charge on any atom is -0.497 e. The number of hydrogen-bond acceptors (Lipinski definition) is 5. The van der Waals surface area contributed by atoms with E-state index in [1.807, 2.05) is 30.3 Å². The molecule has 1 aliphatic heterocycles. The summed E-state index contributed by atoms with van der Waals surface area (Å²) in [6, 6.07) is 14.1. The molecule has 1 N–H and O–H groups in total. The number of nitrogens with one attached hydrogen (secondary N) is 1. The molecule has 1 aromatic heterocycles. The maximum absolute atomic E-state index is 14.2. The SMILES string of the molecule is COc1cccc(CCC(=O)NC[C@H]2Cc3cc(F)cc(-c4ccc(C(C)=O)s4)c3O2)c1. The molecule has 0 saturated heterocycles. The Balaban J connectivity index is 1.36. The van der Waals surface area contributed by atoms with Gasteiger partial charge in [0.05, 0.1) is 18.5 Å². The number of ether oxygens (including phenoxy) is 2. The Morgan fingerprint density at radius 1 is 1.22 bits per heavy atom. The van der Waals surface area contributed by atoms with Crippen LogP contribution < -0.4 is 14.8 Å². The van der Waals surface area contributed by atoms with Gasteiger partial charge in [0.15, 0.2) is 5.78 Å². The summed E-state index contributed by atoms with van der Waals surface area (Å²) < 4.78 is 25.5. The van der Waals surface area contributed by atoms with Gasteiger partial charge in [0.1, 0.15) is 23.4 Å². The number of benzene rings is 2. The Morgan fingerprint density at radius 3 is 2.81 bits per heavy atom. The molecule has 1 atom stereocenters. The van der Waals surface area contributed by atoms with E-state index in [0.29, 0.717) is 42.0 Å². The molecule has 0 unspecified atom stereocenters. The quantitative estimate of drug-likeness (QED) is 0.497. The number of halogens is 1. The molecule has 3 aromatic rings. The summed E-state index contributed by atoms with van der Waals surface area (Å²) in [5, 5.41) is 2.92. The first-order valence-corrected chi connectivity index (χ1v) is 11.2. The lowest BCUT2D eigenvalue weighted by Gasteiger charge is -2.13. The van der Waals surface area contributed by atoms with E-state index in [2.05, 4.69) is 5.32 Å². The van der Waals surface area contributed by atoms with Crippen molar-refractivity contribution in [2.75, 3.05) is 13.7 Å². The zero-order valence-electron chi connectivity index (χ0n) is 17.9. The highest BCUT2D eigenvalue weighted by molar-refractivity contribution is 7.17. The summed E-state index contributed by atoms with van der Waals surface area (Å²) in [6.45, 7) is 1.85. The van der Waals surface area contributed by atoms with Crippen LogP contribution in [0.5, 0.6) is 11.5 Å². The van der Waals surface area contributed by atoms with Crippen LogP contribution in [0.3, 0.4) is 0 Å². The van der Waals surface area contributed by atoms with E-state index in [1.165, 1.54) is 30.4 Å². The number of amides is 1. The van der Waals surface area contributed by atoms with Crippen LogP contribution in [-0.2, 0) is 17.6 Å². The maximum Gasteiger partial charge on any atom is 0.220 e. The van der Waals surface area contributed by atoms with Gasteiger partial charge in [-0.05, 0) is 55.3 Å². The van der Waals surface area contributed by atoms with Gasteiger partial charge < -0.3 is 14.8 Å². The first-order valence-electron chi connectivity index (χ1n) is 10.4. The maximum atomic E-state index is 14.2. The first-order chi connectivity index (χ1) is 15.4. The third-order valence-electron chi connectivity index (χ3n) is 5.38. The standard InChI is InChI=1S/C25H24FNO4S/c1-15(28)22-7-8-23(32-22)21-13-18(26)11-17-12-20(31-25(17)21)14-27-24(29)9-6-16-4-3-5-19(10-16)30-2/h3-5,7-8,10-11,13,20H,6,9,12,14H2,1-2H3,(H,27,29)/t20-/m1/s1. The molecule has 5 nitrogen and oxygen atoms in total. The van der Waals surface area contributed by atoms with Gasteiger partial charge in [-0.2, -0.15) is 0 Å². The van der Waals surface area contributed by atoms with Crippen LogP contribution in [0.15, 0.2) is 48.5 Å². The number of ketones is 1. The zero-order chi connectivity index (χ0) is 22.7. The van der Waals surface area contributed by atoms with Crippen LogP contribution in [0, 0.1) is 5.82 Å². The molecule has 166 valence electrons. The molecular formula is C25H24FNO4S. The molecule has 0 radical (unpaired) electrons. The number of hydrogen-bond donors (Lipinski definition) is 1. The Morgan fingerprint density at radius 2 is 2.06 bits per heavy atom. The lowest BCUT2D eigenvalue weighted by molar-refractivity contribution is -0.121. The van der Waals surface area contributed by atoms with Crippen molar-refractivity contribution in [2.24, 2.45) is 0 Å². The van der Waals surface area contributed by atoms with Crippen molar-refractivity contribution in [3.63, 3.8) is 0 Å². The third-order valence-corrected chi connectivity index (χ3v) is 6.60. The smallest absolute Gasteiger partial charge is 0.220 e. The molecular weight excluding hydrogens is 429 g/mol. The molecule has 2 aromatic carbocycles. The number of carbonyl (C=O) groups excluding carboxylic acids is 2. The summed E-state index contributed by atoms with van der Waals surface area (Å²) in [4.78, 5) is 25.4. The minimum atomic E-state index is -0.344. The number of carbonyl (C=O) groups is 2. The van der Waals surface area contributed by atoms with Crippen LogP contribution in [0.1, 0.15) is 34.1 Å². The molecule has 0 fully saturated rings. The lowest BCUT2D eigenvalue weighted by atomic mass is 10.0. The second kappa shape index (κ2) is 9.53. The molecule has 7 heteroatoms. The summed E-state index contributed by atoms with van der Waals surface area (Å²) in [5.74, 6) is 0.958. The second-order valence-electron chi connectivity index (χ2n) is 7.76. The number of rotatable bonds is 8. The van der Waals surface area contributed by atoms with Gasteiger partial charge >= 0.3 is 0 Å². The molecule has 0 aliphatic carbocycles. The molecule has 2 heterocycles. The van der Waals surface area contributed by atoms with E-state index < -0.39 is 0 Å². The Hall–Kier alpha value is -3.19. The molecule has 0 spiro atoms. The van der Waals surface area contributed by atoms with E-state index >= 15 is 0 Å². The highest BCUT2D eigenvalue weighted by Gasteiger charge is 2.28. The highest BCUT2D eigenvalue weighted by Crippen LogP contribution is 2.42. The molecule has 0 saturated carbocycles. The Kier molecular flexibility index (Phi) is 6.55. The fraction of sp³-hybridized carbons (Fsp3) is 0.280. The monoisotopic (exact) mass is 453 g/mol. The van der Waals surface area contributed by atoms with E-state index in [1.54, 1.807) is 13.2 Å². The van der Waals surface area contributed by atoms with Gasteiger partial charge in [-0.1, -0.05) is 12.1 Å². The van der Waals surface area contributed by atoms with Gasteiger partial charge in [-0.15, -0.1) is 11.3 Å². The van der Waals surface area contributed by atoms with E-state index in [-0.39, 0.29) is 23.6 Å². The van der Waals surface area contributed by atoms with Crippen LogP contribution in [0.2, 0.25) is 0 Å². The summed E-state index contributed by atoms with van der Waals surface area (Å²) >= 11 is 1.32. The van der Waals surface area contributed by atoms with Crippen LogP contribution >= 0.6 is 11.3 Å². The highest BCUT2D eigenvalue weighted by atomic mass is 32.1. The predicted octanol–water partition coefficient (Wildman–Crippen LogP) is 4.82. The van der Waals surface area contributed by atoms with E-state index in [0.717, 1.165) is 21.8 Å². The molecule has 4 rings (SSSR count). The molecule has 32 heavy (non-hydrogen) atoms. The van der Waals surface area contributed by atoms with Gasteiger partial charge in [-0.3, -0.25) is 9.59 Å². The summed E-state index contributed by atoms with van der Waals surface area (Å²) in [7, 11) is 1.61. The molecule has 1 amide bonds. The van der Waals surface area contributed by atoms with Crippen molar-refractivity contribution in [2.45, 2.75) is 32.3 Å². The minimum absolute atomic E-state index is 0.0234. The van der Waals surface area contributed by atoms with Crippen molar-refractivity contribution < 1.29 is 23.5 Å². The Labute approximate surface area is 190 Å². The van der Waals surface area contributed by atoms with Crippen molar-refractivity contribution in [1.29, 1.82) is 0 Å².